The Morgan fingerprint density at radius 1 is 1.22 bits per heavy atom. The van der Waals surface area contributed by atoms with Gasteiger partial charge in [-0.3, -0.25) is 4.79 Å². The minimum Gasteiger partial charge on any atom is -0.467 e. The van der Waals surface area contributed by atoms with Crippen LogP contribution in [0.2, 0.25) is 0 Å². The highest BCUT2D eigenvalue weighted by molar-refractivity contribution is 8.00. The Morgan fingerprint density at radius 2 is 2.07 bits per heavy atom. The molecular weight excluding hydrogens is 362 g/mol. The highest BCUT2D eigenvalue weighted by Crippen LogP contribution is 2.25. The summed E-state index contributed by atoms with van der Waals surface area (Å²) in [6.45, 7) is 1.88. The van der Waals surface area contributed by atoms with Gasteiger partial charge in [0.05, 0.1) is 35.3 Å². The number of rotatable bonds is 6. The summed E-state index contributed by atoms with van der Waals surface area (Å²) in [4.78, 5) is 20.9. The van der Waals surface area contributed by atoms with E-state index >= 15 is 0 Å². The van der Waals surface area contributed by atoms with Gasteiger partial charge in [0.2, 0.25) is 5.91 Å². The van der Waals surface area contributed by atoms with E-state index in [0.29, 0.717) is 5.65 Å². The summed E-state index contributed by atoms with van der Waals surface area (Å²) in [5, 5.41) is 8.88. The molecule has 0 saturated heterocycles. The molecule has 4 rings (SSSR count). The zero-order valence-corrected chi connectivity index (χ0v) is 15.4. The molecule has 1 atom stereocenters. The SMILES string of the molecule is CC(NC(=O)CSc1ncnc2c1cnn2-c1ccccc1)c1ccco1. The summed E-state index contributed by atoms with van der Waals surface area (Å²) >= 11 is 1.36. The van der Waals surface area contributed by atoms with Crippen molar-refractivity contribution in [2.75, 3.05) is 5.75 Å². The van der Waals surface area contributed by atoms with E-state index in [-0.39, 0.29) is 17.7 Å². The molecule has 27 heavy (non-hydrogen) atoms. The van der Waals surface area contributed by atoms with Crippen molar-refractivity contribution in [3.05, 3.63) is 67.0 Å². The van der Waals surface area contributed by atoms with Crippen LogP contribution in [0.4, 0.5) is 0 Å². The lowest BCUT2D eigenvalue weighted by Gasteiger charge is -2.11. The third kappa shape index (κ3) is 3.70. The molecule has 1 N–H and O–H groups in total. The van der Waals surface area contributed by atoms with Gasteiger partial charge in [-0.05, 0) is 31.2 Å². The molecule has 0 fully saturated rings. The van der Waals surface area contributed by atoms with Crippen LogP contribution in [0.25, 0.3) is 16.7 Å². The van der Waals surface area contributed by atoms with Crippen LogP contribution in [0.1, 0.15) is 18.7 Å². The first kappa shape index (κ1) is 17.3. The second kappa shape index (κ2) is 7.63. The largest absolute Gasteiger partial charge is 0.467 e. The molecule has 0 aliphatic carbocycles. The molecule has 3 heterocycles. The fourth-order valence-corrected chi connectivity index (χ4v) is 3.49. The molecule has 0 aliphatic heterocycles. The predicted molar refractivity (Wildman–Crippen MR) is 103 cm³/mol. The van der Waals surface area contributed by atoms with Crippen molar-refractivity contribution in [3.8, 4) is 5.69 Å². The molecule has 136 valence electrons. The highest BCUT2D eigenvalue weighted by Gasteiger charge is 2.15. The molecule has 8 heteroatoms. The third-order valence-corrected chi connectivity index (χ3v) is 5.02. The van der Waals surface area contributed by atoms with Gasteiger partial charge in [0.15, 0.2) is 5.65 Å². The molecule has 1 aromatic carbocycles. The van der Waals surface area contributed by atoms with Crippen molar-refractivity contribution in [1.29, 1.82) is 0 Å². The number of carbonyl (C=O) groups excluding carboxylic acids is 1. The Balaban J connectivity index is 1.48. The maximum atomic E-state index is 12.2. The molecule has 0 spiro atoms. The minimum atomic E-state index is -0.181. The third-order valence-electron chi connectivity index (χ3n) is 4.02. The quantitative estimate of drug-likeness (QED) is 0.408. The summed E-state index contributed by atoms with van der Waals surface area (Å²) in [6.07, 6.45) is 4.82. The first-order chi connectivity index (χ1) is 13.2. The number of thioether (sulfide) groups is 1. The van der Waals surface area contributed by atoms with E-state index in [1.807, 2.05) is 43.3 Å². The topological polar surface area (TPSA) is 85.8 Å². The number of fused-ring (bicyclic) bond motifs is 1. The maximum absolute atomic E-state index is 12.2. The Morgan fingerprint density at radius 3 is 2.85 bits per heavy atom. The van der Waals surface area contributed by atoms with Crippen LogP contribution in [0.3, 0.4) is 0 Å². The average molecular weight is 379 g/mol. The van der Waals surface area contributed by atoms with Crippen molar-refractivity contribution >= 4 is 28.7 Å². The lowest BCUT2D eigenvalue weighted by molar-refractivity contribution is -0.119. The van der Waals surface area contributed by atoms with E-state index in [2.05, 4.69) is 20.4 Å². The van der Waals surface area contributed by atoms with Gasteiger partial charge in [0, 0.05) is 0 Å². The molecule has 0 radical (unpaired) electrons. The van der Waals surface area contributed by atoms with Crippen LogP contribution in [0, 0.1) is 0 Å². The van der Waals surface area contributed by atoms with Gasteiger partial charge in [-0.2, -0.15) is 5.10 Å². The molecule has 0 saturated carbocycles. The van der Waals surface area contributed by atoms with Gasteiger partial charge >= 0.3 is 0 Å². The average Bonchev–Trinajstić information content (AvgIpc) is 3.37. The monoisotopic (exact) mass is 379 g/mol. The zero-order chi connectivity index (χ0) is 18.6. The van der Waals surface area contributed by atoms with Crippen molar-refractivity contribution in [2.24, 2.45) is 0 Å². The Labute approximate surface area is 159 Å². The lowest BCUT2D eigenvalue weighted by Crippen LogP contribution is -2.27. The zero-order valence-electron chi connectivity index (χ0n) is 14.6. The van der Waals surface area contributed by atoms with Crippen molar-refractivity contribution < 1.29 is 9.21 Å². The van der Waals surface area contributed by atoms with Gasteiger partial charge in [0.25, 0.3) is 0 Å². The van der Waals surface area contributed by atoms with E-state index in [1.165, 1.54) is 18.1 Å². The summed E-state index contributed by atoms with van der Waals surface area (Å²) in [5.74, 6) is 0.876. The number of hydrogen-bond donors (Lipinski definition) is 1. The lowest BCUT2D eigenvalue weighted by atomic mass is 10.2. The van der Waals surface area contributed by atoms with Crippen LogP contribution < -0.4 is 5.32 Å². The summed E-state index contributed by atoms with van der Waals surface area (Å²) in [7, 11) is 0. The number of furan rings is 1. The fraction of sp³-hybridized carbons (Fsp3) is 0.158. The molecule has 0 bridgehead atoms. The van der Waals surface area contributed by atoms with Gasteiger partial charge in [0.1, 0.15) is 17.1 Å². The number of benzene rings is 1. The number of amides is 1. The Kier molecular flexibility index (Phi) is 4.88. The smallest absolute Gasteiger partial charge is 0.230 e. The van der Waals surface area contributed by atoms with Gasteiger partial charge in [-0.25, -0.2) is 14.6 Å². The number of carbonyl (C=O) groups is 1. The van der Waals surface area contributed by atoms with E-state index < -0.39 is 0 Å². The number of nitrogens with zero attached hydrogens (tertiary/aromatic N) is 4. The summed E-state index contributed by atoms with van der Waals surface area (Å²) in [5.41, 5.74) is 1.63. The van der Waals surface area contributed by atoms with E-state index in [4.69, 9.17) is 4.42 Å². The fourth-order valence-electron chi connectivity index (χ4n) is 2.72. The van der Waals surface area contributed by atoms with Crippen LogP contribution in [-0.2, 0) is 4.79 Å². The number of hydrogen-bond acceptors (Lipinski definition) is 6. The summed E-state index contributed by atoms with van der Waals surface area (Å²) in [6, 6.07) is 13.2. The first-order valence-electron chi connectivity index (χ1n) is 8.42. The van der Waals surface area contributed by atoms with Crippen LogP contribution >= 0.6 is 11.8 Å². The highest BCUT2D eigenvalue weighted by atomic mass is 32.2. The molecule has 4 aromatic rings. The van der Waals surface area contributed by atoms with Crippen molar-refractivity contribution in [2.45, 2.75) is 18.0 Å². The van der Waals surface area contributed by atoms with E-state index in [1.54, 1.807) is 23.2 Å². The molecular formula is C19H17N5O2S. The minimum absolute atomic E-state index is 0.0916. The number of nitrogens with one attached hydrogen (secondary N) is 1. The first-order valence-corrected chi connectivity index (χ1v) is 9.40. The molecule has 1 amide bonds. The van der Waals surface area contributed by atoms with E-state index in [9.17, 15) is 4.79 Å². The second-order valence-corrected chi connectivity index (χ2v) is 6.87. The maximum Gasteiger partial charge on any atom is 0.230 e. The number of aromatic nitrogens is 4. The Hall–Kier alpha value is -3.13. The van der Waals surface area contributed by atoms with Gasteiger partial charge < -0.3 is 9.73 Å². The standard InChI is InChI=1S/C19H17N5O2S/c1-13(16-8-5-9-26-16)23-17(25)11-27-19-15-10-22-24(18(15)20-12-21-19)14-6-3-2-4-7-14/h2-10,12-13H,11H2,1H3,(H,23,25). The van der Waals surface area contributed by atoms with E-state index in [0.717, 1.165) is 21.9 Å². The molecule has 3 aromatic heterocycles. The van der Waals surface area contributed by atoms with Crippen LogP contribution in [-0.4, -0.2) is 31.4 Å². The normalized spacial score (nSPS) is 12.2. The predicted octanol–water partition coefficient (Wildman–Crippen LogP) is 3.38. The summed E-state index contributed by atoms with van der Waals surface area (Å²) < 4.78 is 7.07. The van der Waals surface area contributed by atoms with Crippen molar-refractivity contribution in [3.63, 3.8) is 0 Å². The van der Waals surface area contributed by atoms with Crippen LogP contribution in [0.15, 0.2) is 70.7 Å². The Bertz CT molecular complexity index is 1050. The van der Waals surface area contributed by atoms with Crippen LogP contribution in [0.5, 0.6) is 0 Å². The number of para-hydroxylation sites is 1. The molecule has 0 aliphatic rings. The molecule has 1 unspecified atom stereocenters. The molecule has 7 nitrogen and oxygen atoms in total. The second-order valence-electron chi connectivity index (χ2n) is 5.90. The van der Waals surface area contributed by atoms with Crippen molar-refractivity contribution in [1.82, 2.24) is 25.1 Å². The van der Waals surface area contributed by atoms with Gasteiger partial charge in [-0.15, -0.1) is 0 Å². The van der Waals surface area contributed by atoms with Gasteiger partial charge in [-0.1, -0.05) is 30.0 Å².